The van der Waals surface area contributed by atoms with E-state index in [1.165, 1.54) is 4.90 Å². The first-order valence-corrected chi connectivity index (χ1v) is 9.91. The van der Waals surface area contributed by atoms with Crippen LogP contribution in [0.2, 0.25) is 0 Å². The molecule has 1 unspecified atom stereocenters. The molecular weight excluding hydrogens is 356 g/mol. The Morgan fingerprint density at radius 2 is 1.93 bits per heavy atom. The van der Waals surface area contributed by atoms with E-state index in [2.05, 4.69) is 5.32 Å². The van der Waals surface area contributed by atoms with Gasteiger partial charge in [0, 0.05) is 6.42 Å². The summed E-state index contributed by atoms with van der Waals surface area (Å²) in [6, 6.07) is -0.432. The summed E-state index contributed by atoms with van der Waals surface area (Å²) < 4.78 is 0. The fraction of sp³-hybridized carbons (Fsp3) is 0.591. The van der Waals surface area contributed by atoms with Crippen LogP contribution in [0, 0.1) is 5.41 Å². The lowest BCUT2D eigenvalue weighted by molar-refractivity contribution is -0.162. The van der Waals surface area contributed by atoms with Gasteiger partial charge in [-0.15, -0.1) is 0 Å². The minimum absolute atomic E-state index is 0.0934. The molecule has 2 fully saturated rings. The zero-order chi connectivity index (χ0) is 21.3. The zero-order valence-electron chi connectivity index (χ0n) is 17.8. The number of carbonyl (C=O) groups is 3. The molecule has 154 valence electrons. The molecule has 1 saturated heterocycles. The minimum Gasteiger partial charge on any atom is -0.477 e. The second-order valence-electron chi connectivity index (χ2n) is 8.36. The molecule has 2 rings (SSSR count). The summed E-state index contributed by atoms with van der Waals surface area (Å²) in [6.07, 6.45) is 8.26. The summed E-state index contributed by atoms with van der Waals surface area (Å²) in [6.45, 7) is 11.2. The fourth-order valence-corrected chi connectivity index (χ4v) is 3.90. The molecule has 0 spiro atoms. The van der Waals surface area contributed by atoms with Crippen LogP contribution in [-0.4, -0.2) is 39.4 Å². The van der Waals surface area contributed by atoms with Gasteiger partial charge in [0.05, 0.1) is 6.04 Å². The fourth-order valence-electron chi connectivity index (χ4n) is 3.90. The molecule has 6 nitrogen and oxygen atoms in total. The van der Waals surface area contributed by atoms with E-state index in [-0.39, 0.29) is 29.3 Å². The van der Waals surface area contributed by atoms with Crippen molar-refractivity contribution in [1.82, 2.24) is 10.2 Å². The number of nitrogens with zero attached hydrogens (tertiary/aromatic N) is 1. The first-order valence-electron chi connectivity index (χ1n) is 9.91. The molecule has 0 bridgehead atoms. The molecule has 0 aromatic heterocycles. The maximum Gasteiger partial charge on any atom is 0.352 e. The van der Waals surface area contributed by atoms with E-state index in [0.717, 1.165) is 24.0 Å². The van der Waals surface area contributed by atoms with E-state index in [1.807, 2.05) is 45.9 Å². The highest BCUT2D eigenvalue weighted by Gasteiger charge is 2.59. The van der Waals surface area contributed by atoms with Crippen molar-refractivity contribution < 1.29 is 19.5 Å². The summed E-state index contributed by atoms with van der Waals surface area (Å²) >= 11 is 0. The van der Waals surface area contributed by atoms with Gasteiger partial charge in [0.25, 0.3) is 5.91 Å². The molecule has 6 heteroatoms. The summed E-state index contributed by atoms with van der Waals surface area (Å²) in [4.78, 5) is 38.8. The number of allylic oxidation sites excluding steroid dienone is 4. The van der Waals surface area contributed by atoms with Crippen molar-refractivity contribution in [2.75, 3.05) is 0 Å². The molecule has 0 aromatic rings. The first kappa shape index (κ1) is 21.9. The van der Waals surface area contributed by atoms with Gasteiger partial charge < -0.3 is 10.4 Å². The number of β-lactam (4-membered cyclic amide) rings is 1. The number of carboxylic acids is 1. The van der Waals surface area contributed by atoms with Crippen LogP contribution in [0.5, 0.6) is 0 Å². The second-order valence-corrected chi connectivity index (χ2v) is 8.36. The number of carboxylic acid groups (broad SMARTS) is 1. The van der Waals surface area contributed by atoms with Crippen LogP contribution in [0.4, 0.5) is 0 Å². The maximum atomic E-state index is 13.0. The van der Waals surface area contributed by atoms with Crippen molar-refractivity contribution in [2.45, 2.75) is 78.8 Å². The third-order valence-electron chi connectivity index (χ3n) is 6.11. The Hall–Kier alpha value is -2.37. The minimum atomic E-state index is -1.10. The smallest absolute Gasteiger partial charge is 0.352 e. The predicted molar refractivity (Wildman–Crippen MR) is 108 cm³/mol. The van der Waals surface area contributed by atoms with E-state index in [4.69, 9.17) is 0 Å². The van der Waals surface area contributed by atoms with Crippen molar-refractivity contribution in [3.05, 3.63) is 35.1 Å². The van der Waals surface area contributed by atoms with Gasteiger partial charge in [-0.1, -0.05) is 37.6 Å². The van der Waals surface area contributed by atoms with Crippen LogP contribution in [-0.2, 0) is 14.4 Å². The van der Waals surface area contributed by atoms with Gasteiger partial charge in [-0.25, -0.2) is 4.79 Å². The highest BCUT2D eigenvalue weighted by molar-refractivity contribution is 6.04. The van der Waals surface area contributed by atoms with E-state index < -0.39 is 17.6 Å². The average Bonchev–Trinajstić information content (AvgIpc) is 3.37. The molecule has 1 aliphatic carbocycles. The normalized spacial score (nSPS) is 27.4. The molecule has 1 aliphatic heterocycles. The van der Waals surface area contributed by atoms with Gasteiger partial charge in [0.15, 0.2) is 0 Å². The molecule has 2 atom stereocenters. The summed E-state index contributed by atoms with van der Waals surface area (Å²) in [5.41, 5.74) is 0.570. The second kappa shape index (κ2) is 7.94. The van der Waals surface area contributed by atoms with Gasteiger partial charge in [-0.05, 0) is 57.9 Å². The monoisotopic (exact) mass is 388 g/mol. The lowest BCUT2D eigenvalue weighted by atomic mass is 9.79. The highest BCUT2D eigenvalue weighted by atomic mass is 16.4. The Kier molecular flexibility index (Phi) is 6.21. The molecule has 2 amide bonds. The Labute approximate surface area is 167 Å². The molecule has 28 heavy (non-hydrogen) atoms. The topological polar surface area (TPSA) is 86.7 Å². The number of likely N-dealkylation sites (tertiary alicyclic amines) is 1. The summed E-state index contributed by atoms with van der Waals surface area (Å²) in [7, 11) is 0. The zero-order valence-corrected chi connectivity index (χ0v) is 17.8. The molecule has 1 saturated carbocycles. The van der Waals surface area contributed by atoms with Crippen LogP contribution < -0.4 is 5.32 Å². The SMILES string of the molecule is C/C=C\C=C(/C)CC(=O)N[C@]1(C)C(=O)N(/C(C(=O)O)=C(/CC)C2(C)CC2)C1C. The lowest BCUT2D eigenvalue weighted by Crippen LogP contribution is -2.77. The number of amides is 2. The first-order chi connectivity index (χ1) is 13.0. The third-order valence-corrected chi connectivity index (χ3v) is 6.11. The van der Waals surface area contributed by atoms with Crippen LogP contribution in [0.15, 0.2) is 35.1 Å². The van der Waals surface area contributed by atoms with Crippen LogP contribution in [0.1, 0.15) is 67.2 Å². The number of carbonyl (C=O) groups excluding carboxylic acids is 2. The summed E-state index contributed by atoms with van der Waals surface area (Å²) in [5.74, 6) is -1.69. The molecule has 2 N–H and O–H groups in total. The van der Waals surface area contributed by atoms with E-state index >= 15 is 0 Å². The number of hydrogen-bond donors (Lipinski definition) is 2. The molecule has 1 heterocycles. The van der Waals surface area contributed by atoms with Gasteiger partial charge in [0.2, 0.25) is 5.91 Å². The Balaban J connectivity index is 2.22. The van der Waals surface area contributed by atoms with E-state index in [1.54, 1.807) is 13.8 Å². The number of nitrogens with one attached hydrogen (secondary N) is 1. The van der Waals surface area contributed by atoms with Crippen molar-refractivity contribution in [1.29, 1.82) is 0 Å². The quantitative estimate of drug-likeness (QED) is 0.378. The van der Waals surface area contributed by atoms with Crippen molar-refractivity contribution in [2.24, 2.45) is 5.41 Å². The van der Waals surface area contributed by atoms with Crippen molar-refractivity contribution in [3.63, 3.8) is 0 Å². The third kappa shape index (κ3) is 3.91. The van der Waals surface area contributed by atoms with Gasteiger partial charge >= 0.3 is 5.97 Å². The number of hydrogen-bond acceptors (Lipinski definition) is 3. The van der Waals surface area contributed by atoms with Crippen LogP contribution in [0.3, 0.4) is 0 Å². The number of aliphatic carboxylic acids is 1. The molecule has 0 radical (unpaired) electrons. The molecule has 0 aromatic carbocycles. The van der Waals surface area contributed by atoms with Crippen LogP contribution in [0.25, 0.3) is 0 Å². The predicted octanol–water partition coefficient (Wildman–Crippen LogP) is 3.55. The van der Waals surface area contributed by atoms with Crippen molar-refractivity contribution >= 4 is 17.8 Å². The van der Waals surface area contributed by atoms with E-state index in [9.17, 15) is 19.5 Å². The maximum absolute atomic E-state index is 13.0. The Morgan fingerprint density at radius 1 is 1.32 bits per heavy atom. The largest absolute Gasteiger partial charge is 0.477 e. The molecule has 2 aliphatic rings. The van der Waals surface area contributed by atoms with Crippen LogP contribution >= 0.6 is 0 Å². The molecular formula is C22H32N2O4. The summed E-state index contributed by atoms with van der Waals surface area (Å²) in [5, 5.41) is 12.7. The Morgan fingerprint density at radius 3 is 2.36 bits per heavy atom. The lowest BCUT2D eigenvalue weighted by Gasteiger charge is -2.53. The number of rotatable bonds is 8. The highest BCUT2D eigenvalue weighted by Crippen LogP contribution is 2.54. The standard InChI is InChI=1S/C22H32N2O4/c1-7-9-10-14(3)13-17(25)23-22(6)15(4)24(20(22)28)18(19(26)27)16(8-2)21(5)11-12-21/h7,9-10,15H,8,11-13H2,1-6H3,(H,23,25)(H,26,27)/b9-7-,14-10+,18-16-/t15?,22-/m0/s1. The van der Waals surface area contributed by atoms with Gasteiger partial charge in [-0.2, -0.15) is 0 Å². The van der Waals surface area contributed by atoms with Gasteiger partial charge in [-0.3, -0.25) is 14.5 Å². The van der Waals surface area contributed by atoms with Crippen molar-refractivity contribution in [3.8, 4) is 0 Å². The Bertz CT molecular complexity index is 773. The van der Waals surface area contributed by atoms with E-state index in [0.29, 0.717) is 6.42 Å². The average molecular weight is 389 g/mol. The van der Waals surface area contributed by atoms with Gasteiger partial charge in [0.1, 0.15) is 11.2 Å².